The number of anilines is 1. The number of hydrogen-bond donors (Lipinski definition) is 3. The Kier molecular flexibility index (Phi) is 7.94. The summed E-state index contributed by atoms with van der Waals surface area (Å²) in [6.07, 6.45) is -3.16. The molecule has 0 bridgehead atoms. The predicted octanol–water partition coefficient (Wildman–Crippen LogP) is 1.75. The quantitative estimate of drug-likeness (QED) is 0.252. The van der Waals surface area contributed by atoms with Crippen LogP contribution in [-0.2, 0) is 13.1 Å². The number of aromatic nitrogens is 7. The first-order chi connectivity index (χ1) is 19.6. The van der Waals surface area contributed by atoms with Gasteiger partial charge in [-0.1, -0.05) is 11.6 Å². The highest BCUT2D eigenvalue weighted by atomic mass is 35.5. The Bertz CT molecular complexity index is 1580. The number of urea groups is 1. The molecule has 0 spiro atoms. The van der Waals surface area contributed by atoms with Crippen molar-refractivity contribution in [2.45, 2.75) is 25.4 Å². The Morgan fingerprint density at radius 1 is 1.15 bits per heavy atom. The molecule has 1 aliphatic heterocycles. The molecule has 1 fully saturated rings. The molecule has 4 heterocycles. The average molecular weight is 593 g/mol. The van der Waals surface area contributed by atoms with E-state index in [2.05, 4.69) is 30.8 Å². The molecule has 1 unspecified atom stereocenters. The van der Waals surface area contributed by atoms with Crippen LogP contribution in [0.3, 0.4) is 0 Å². The summed E-state index contributed by atoms with van der Waals surface area (Å²) in [5.41, 5.74) is 0.661. The lowest BCUT2D eigenvalue weighted by molar-refractivity contribution is -0.207. The third kappa shape index (κ3) is 6.33. The molecule has 2 amide bonds. The van der Waals surface area contributed by atoms with Crippen molar-refractivity contribution in [2.24, 2.45) is 0 Å². The van der Waals surface area contributed by atoms with Crippen LogP contribution < -0.4 is 16.3 Å². The number of carbonyl (C=O) groups excluding carboxylic acids is 1. The molecule has 41 heavy (non-hydrogen) atoms. The second kappa shape index (κ2) is 11.6. The first-order valence-electron chi connectivity index (χ1n) is 12.4. The molecule has 5 rings (SSSR count). The second-order valence-corrected chi connectivity index (χ2v) is 9.52. The highest BCUT2D eigenvalue weighted by molar-refractivity contribution is 6.30. The van der Waals surface area contributed by atoms with Crippen LogP contribution in [0.15, 0.2) is 53.8 Å². The third-order valence-electron chi connectivity index (χ3n) is 6.28. The fourth-order valence-corrected chi connectivity index (χ4v) is 4.31. The first-order valence-corrected chi connectivity index (χ1v) is 12.8. The van der Waals surface area contributed by atoms with E-state index in [9.17, 15) is 27.9 Å². The van der Waals surface area contributed by atoms with Crippen LogP contribution in [-0.4, -0.2) is 88.6 Å². The summed E-state index contributed by atoms with van der Waals surface area (Å²) in [5.74, 6) is 0.0687. The van der Waals surface area contributed by atoms with E-state index < -0.39 is 24.5 Å². The Labute approximate surface area is 235 Å². The van der Waals surface area contributed by atoms with Crippen LogP contribution >= 0.6 is 11.6 Å². The minimum Gasteiger partial charge on any atom is -0.382 e. The van der Waals surface area contributed by atoms with Crippen LogP contribution in [0.2, 0.25) is 5.02 Å². The second-order valence-electron chi connectivity index (χ2n) is 9.08. The molecule has 17 heteroatoms. The molecule has 1 aromatic carbocycles. The number of aliphatic hydroxyl groups is 1. The fraction of sp³-hybridized carbons (Fsp3) is 0.333. The molecule has 216 valence electrons. The van der Waals surface area contributed by atoms with Gasteiger partial charge in [0, 0.05) is 43.0 Å². The maximum Gasteiger partial charge on any atom is 0.416 e. The molecular weight excluding hydrogens is 569 g/mol. The summed E-state index contributed by atoms with van der Waals surface area (Å²) >= 11 is 5.93. The monoisotopic (exact) mass is 592 g/mol. The molecule has 0 saturated carbocycles. The molecule has 1 aliphatic rings. The zero-order chi connectivity index (χ0) is 29.1. The minimum absolute atomic E-state index is 0.0835. The summed E-state index contributed by atoms with van der Waals surface area (Å²) in [6.45, 7) is 0.879. The molecule has 0 aliphatic carbocycles. The number of nitrogens with zero attached hydrogens (tertiary/aromatic N) is 8. The van der Waals surface area contributed by atoms with Gasteiger partial charge < -0.3 is 20.6 Å². The van der Waals surface area contributed by atoms with E-state index >= 15 is 0 Å². The van der Waals surface area contributed by atoms with Crippen molar-refractivity contribution in [2.75, 3.05) is 31.5 Å². The predicted molar refractivity (Wildman–Crippen MR) is 141 cm³/mol. The van der Waals surface area contributed by atoms with E-state index in [1.54, 1.807) is 23.4 Å². The number of aliphatic hydroxyl groups excluding tert-OH is 1. The summed E-state index contributed by atoms with van der Waals surface area (Å²) in [4.78, 5) is 34.9. The summed E-state index contributed by atoms with van der Waals surface area (Å²) in [6, 6.07) is 7.64. The lowest BCUT2D eigenvalue weighted by Crippen LogP contribution is -2.37. The summed E-state index contributed by atoms with van der Waals surface area (Å²) in [5, 5.41) is 24.7. The van der Waals surface area contributed by atoms with E-state index in [1.165, 1.54) is 35.3 Å². The Balaban J connectivity index is 1.37. The summed E-state index contributed by atoms with van der Waals surface area (Å²) < 4.78 is 42.5. The number of hydrogen-bond acceptors (Lipinski definition) is 8. The molecule has 13 nitrogen and oxygen atoms in total. The lowest BCUT2D eigenvalue weighted by Gasteiger charge is -2.16. The van der Waals surface area contributed by atoms with E-state index in [4.69, 9.17) is 11.6 Å². The Hall–Kier alpha value is -4.44. The molecule has 0 radical (unpaired) electrons. The summed E-state index contributed by atoms with van der Waals surface area (Å²) in [7, 11) is 0. The smallest absolute Gasteiger partial charge is 0.382 e. The van der Waals surface area contributed by atoms with E-state index in [0.717, 1.165) is 9.25 Å². The molecule has 4 aromatic rings. The van der Waals surface area contributed by atoms with Crippen molar-refractivity contribution >= 4 is 23.3 Å². The number of amides is 2. The van der Waals surface area contributed by atoms with Crippen molar-refractivity contribution in [3.8, 4) is 17.1 Å². The highest BCUT2D eigenvalue weighted by Gasteiger charge is 2.39. The number of benzene rings is 1. The molecule has 3 N–H and O–H groups in total. The lowest BCUT2D eigenvalue weighted by atomic mass is 10.2. The van der Waals surface area contributed by atoms with Crippen LogP contribution in [0.25, 0.3) is 17.1 Å². The van der Waals surface area contributed by atoms with Gasteiger partial charge in [0.1, 0.15) is 18.6 Å². The SMILES string of the molecule is O=C1NCCN1CCNc1ccncc1-n1cnc(Cn2nc(-c3ccc(Cl)cc3)n(CC(O)C(F)(F)F)c2=O)n1. The van der Waals surface area contributed by atoms with Crippen molar-refractivity contribution in [1.82, 2.24) is 44.3 Å². The van der Waals surface area contributed by atoms with Crippen molar-refractivity contribution < 1.29 is 23.1 Å². The van der Waals surface area contributed by atoms with Crippen LogP contribution in [0, 0.1) is 0 Å². The maximum absolute atomic E-state index is 13.1. The van der Waals surface area contributed by atoms with Gasteiger partial charge in [0.05, 0.1) is 18.4 Å². The maximum atomic E-state index is 13.1. The number of nitrogens with one attached hydrogen (secondary N) is 2. The van der Waals surface area contributed by atoms with E-state index in [1.807, 2.05) is 0 Å². The number of carbonyl (C=O) groups is 1. The Morgan fingerprint density at radius 2 is 1.93 bits per heavy atom. The fourth-order valence-electron chi connectivity index (χ4n) is 4.19. The average Bonchev–Trinajstić information content (AvgIpc) is 3.65. The van der Waals surface area contributed by atoms with Gasteiger partial charge in [0.15, 0.2) is 17.8 Å². The number of pyridine rings is 1. The van der Waals surface area contributed by atoms with Crippen LogP contribution in [0.1, 0.15) is 5.82 Å². The molecular formula is C24H24ClF3N10O3. The Morgan fingerprint density at radius 3 is 2.63 bits per heavy atom. The van der Waals surface area contributed by atoms with Crippen molar-refractivity contribution in [3.05, 3.63) is 70.4 Å². The number of rotatable bonds is 10. The van der Waals surface area contributed by atoms with Gasteiger partial charge in [0.25, 0.3) is 0 Å². The van der Waals surface area contributed by atoms with Crippen LogP contribution in [0.4, 0.5) is 23.7 Å². The largest absolute Gasteiger partial charge is 0.416 e. The van der Waals surface area contributed by atoms with Gasteiger partial charge in [-0.15, -0.1) is 10.2 Å². The van der Waals surface area contributed by atoms with Crippen molar-refractivity contribution in [1.29, 1.82) is 0 Å². The van der Waals surface area contributed by atoms with Gasteiger partial charge in [-0.25, -0.2) is 23.9 Å². The highest BCUT2D eigenvalue weighted by Crippen LogP contribution is 2.24. The third-order valence-corrected chi connectivity index (χ3v) is 6.53. The van der Waals surface area contributed by atoms with Gasteiger partial charge in [0.2, 0.25) is 0 Å². The zero-order valence-electron chi connectivity index (χ0n) is 21.3. The van der Waals surface area contributed by atoms with Crippen LogP contribution in [0.5, 0.6) is 0 Å². The standard InChI is InChI=1S/C24H24ClF3N10O3/c25-16-3-1-15(2-4-16)21-34-37(23(41)36(21)12-19(39)24(26,27)28)13-20-32-14-38(33-20)18-11-29-6-5-17(18)30-7-9-35-10-8-31-22(35)40/h1-6,11,14,19,39H,7-10,12-13H2,(H,29,30)(H,31,40). The normalized spacial score (nSPS) is 14.4. The first kappa shape index (κ1) is 28.1. The van der Waals surface area contributed by atoms with E-state index in [0.29, 0.717) is 48.1 Å². The molecule has 1 atom stereocenters. The molecule has 1 saturated heterocycles. The van der Waals surface area contributed by atoms with E-state index in [-0.39, 0.29) is 24.2 Å². The zero-order valence-corrected chi connectivity index (χ0v) is 22.0. The van der Waals surface area contributed by atoms with Gasteiger partial charge in [-0.2, -0.15) is 13.2 Å². The van der Waals surface area contributed by atoms with Gasteiger partial charge >= 0.3 is 17.9 Å². The number of alkyl halides is 3. The van der Waals surface area contributed by atoms with Gasteiger partial charge in [-0.05, 0) is 30.3 Å². The number of halogens is 4. The minimum atomic E-state index is -4.94. The van der Waals surface area contributed by atoms with Gasteiger partial charge in [-0.3, -0.25) is 9.55 Å². The topological polar surface area (TPSA) is 148 Å². The van der Waals surface area contributed by atoms with Crippen molar-refractivity contribution in [3.63, 3.8) is 0 Å². The molecule has 3 aromatic heterocycles.